The molecule has 1 aromatic rings. The maximum absolute atomic E-state index is 12.9. The second kappa shape index (κ2) is 9.30. The van der Waals surface area contributed by atoms with Crippen LogP contribution in [0, 0.1) is 5.92 Å². The van der Waals surface area contributed by atoms with Gasteiger partial charge in [-0.1, -0.05) is 43.3 Å². The van der Waals surface area contributed by atoms with E-state index < -0.39 is 0 Å². The number of fused-ring (bicyclic) bond motifs is 2. The van der Waals surface area contributed by atoms with Crippen LogP contribution in [0.1, 0.15) is 57.4 Å². The number of hydrogen-bond acceptors (Lipinski definition) is 4. The van der Waals surface area contributed by atoms with E-state index in [2.05, 4.69) is 46.6 Å². The minimum Gasteiger partial charge on any atom is -0.490 e. The average molecular weight is 437 g/mol. The summed E-state index contributed by atoms with van der Waals surface area (Å²) in [5, 5.41) is 3.95. The third kappa shape index (κ3) is 4.73. The van der Waals surface area contributed by atoms with Crippen LogP contribution >= 0.6 is 0 Å². The zero-order valence-electron chi connectivity index (χ0n) is 19.2. The van der Waals surface area contributed by atoms with Crippen molar-refractivity contribution in [2.75, 3.05) is 19.7 Å². The highest BCUT2D eigenvalue weighted by molar-refractivity contribution is 5.75. The van der Waals surface area contributed by atoms with E-state index in [-0.39, 0.29) is 17.6 Å². The third-order valence-corrected chi connectivity index (χ3v) is 7.54. The topological polar surface area (TPSA) is 50.8 Å². The van der Waals surface area contributed by atoms with Gasteiger partial charge >= 0.3 is 0 Å². The van der Waals surface area contributed by atoms with Crippen molar-refractivity contribution in [3.05, 3.63) is 59.6 Å². The van der Waals surface area contributed by atoms with E-state index in [1.54, 1.807) is 0 Å². The molecule has 0 radical (unpaired) electrons. The lowest BCUT2D eigenvalue weighted by Crippen LogP contribution is -2.53. The van der Waals surface area contributed by atoms with Gasteiger partial charge in [0.25, 0.3) is 0 Å². The Morgan fingerprint density at radius 2 is 2.12 bits per heavy atom. The van der Waals surface area contributed by atoms with Crippen LogP contribution in [0.5, 0.6) is 0 Å². The van der Waals surface area contributed by atoms with Gasteiger partial charge in [-0.3, -0.25) is 4.79 Å². The normalized spacial score (nSPS) is 31.0. The highest BCUT2D eigenvalue weighted by Gasteiger charge is 2.45. The molecular weight excluding hydrogens is 400 g/mol. The first-order valence-electron chi connectivity index (χ1n) is 12.4. The number of nitrogens with zero attached hydrogens (tertiary/aromatic N) is 1. The van der Waals surface area contributed by atoms with Crippen LogP contribution < -0.4 is 5.32 Å². The number of carbonyl (C=O) groups is 1. The first-order chi connectivity index (χ1) is 15.6. The molecule has 32 heavy (non-hydrogen) atoms. The molecule has 2 fully saturated rings. The first-order valence-corrected chi connectivity index (χ1v) is 12.4. The Hall–Kier alpha value is -2.27. The lowest BCUT2D eigenvalue weighted by Gasteiger charge is -2.42. The van der Waals surface area contributed by atoms with Crippen LogP contribution in [0.15, 0.2) is 54.0 Å². The molecule has 5 nitrogen and oxygen atoms in total. The monoisotopic (exact) mass is 436 g/mol. The van der Waals surface area contributed by atoms with Crippen molar-refractivity contribution in [1.29, 1.82) is 0 Å². The molecule has 2 saturated heterocycles. The van der Waals surface area contributed by atoms with Crippen molar-refractivity contribution in [2.24, 2.45) is 5.92 Å². The largest absolute Gasteiger partial charge is 0.490 e. The Morgan fingerprint density at radius 1 is 1.25 bits per heavy atom. The van der Waals surface area contributed by atoms with Gasteiger partial charge in [-0.15, -0.1) is 0 Å². The Kier molecular flexibility index (Phi) is 6.27. The molecule has 5 heteroatoms. The van der Waals surface area contributed by atoms with Gasteiger partial charge in [0.05, 0.1) is 6.54 Å². The van der Waals surface area contributed by atoms with Crippen molar-refractivity contribution < 1.29 is 14.3 Å². The van der Waals surface area contributed by atoms with Gasteiger partial charge in [0.1, 0.15) is 12.4 Å². The van der Waals surface area contributed by atoms with Crippen LogP contribution in [-0.4, -0.2) is 48.2 Å². The zero-order valence-corrected chi connectivity index (χ0v) is 19.2. The summed E-state index contributed by atoms with van der Waals surface area (Å²) >= 11 is 0. The second-order valence-electron chi connectivity index (χ2n) is 10.1. The maximum Gasteiger partial charge on any atom is 0.222 e. The van der Waals surface area contributed by atoms with E-state index >= 15 is 0 Å². The summed E-state index contributed by atoms with van der Waals surface area (Å²) in [7, 11) is 0. The minimum absolute atomic E-state index is 0.0938. The zero-order chi connectivity index (χ0) is 22.0. The Bertz CT molecular complexity index is 880. The standard InChI is InChI=1S/C27H36N2O3/c1-2-26(30)29(18-23-19-31-24-10-6-7-11-25(24)32-23)17-21-14-22-12-13-27(16-21,28-22)15-20-8-4-3-5-9-20/h3-5,7-9,11,21-23,28H,2,6,10,12-19H2,1H3. The number of amides is 1. The summed E-state index contributed by atoms with van der Waals surface area (Å²) in [6.07, 6.45) is 12.4. The predicted molar refractivity (Wildman–Crippen MR) is 125 cm³/mol. The summed E-state index contributed by atoms with van der Waals surface area (Å²) < 4.78 is 12.2. The van der Waals surface area contributed by atoms with Gasteiger partial charge in [-0.2, -0.15) is 0 Å². The Morgan fingerprint density at radius 3 is 2.97 bits per heavy atom. The van der Waals surface area contributed by atoms with Gasteiger partial charge in [-0.25, -0.2) is 0 Å². The molecule has 0 saturated carbocycles. The molecule has 172 valence electrons. The molecule has 5 rings (SSSR count). The lowest BCUT2D eigenvalue weighted by molar-refractivity contribution is -0.134. The average Bonchev–Trinajstić information content (AvgIpc) is 3.12. The van der Waals surface area contributed by atoms with E-state index in [0.717, 1.165) is 50.2 Å². The molecule has 1 aromatic carbocycles. The summed E-state index contributed by atoms with van der Waals surface area (Å²) in [4.78, 5) is 14.9. The van der Waals surface area contributed by atoms with Crippen LogP contribution in [0.3, 0.4) is 0 Å². The number of carbonyl (C=O) groups excluding carboxylic acids is 1. The SMILES string of the molecule is CCC(=O)N(CC1CC2CCC(Cc3ccccc3)(C1)N2)CC1COC2=C(C=CCC2)O1. The molecule has 1 amide bonds. The molecule has 1 N–H and O–H groups in total. The molecule has 2 bridgehead atoms. The minimum atomic E-state index is -0.0938. The van der Waals surface area contributed by atoms with E-state index in [9.17, 15) is 4.79 Å². The van der Waals surface area contributed by atoms with E-state index in [1.165, 1.54) is 18.4 Å². The van der Waals surface area contributed by atoms with Gasteiger partial charge in [0, 0.05) is 31.0 Å². The molecule has 0 spiro atoms. The molecule has 3 aliphatic heterocycles. The molecule has 4 unspecified atom stereocenters. The van der Waals surface area contributed by atoms with Crippen molar-refractivity contribution in [2.45, 2.75) is 76.0 Å². The number of allylic oxidation sites excluding steroid dienone is 3. The van der Waals surface area contributed by atoms with Gasteiger partial charge < -0.3 is 19.7 Å². The first kappa shape index (κ1) is 21.6. The van der Waals surface area contributed by atoms with Crippen LogP contribution in [0.25, 0.3) is 0 Å². The number of ether oxygens (including phenoxy) is 2. The molecule has 0 aromatic heterocycles. The van der Waals surface area contributed by atoms with Crippen molar-refractivity contribution in [3.63, 3.8) is 0 Å². The highest BCUT2D eigenvalue weighted by atomic mass is 16.6. The quantitative estimate of drug-likeness (QED) is 0.691. The van der Waals surface area contributed by atoms with Crippen molar-refractivity contribution in [3.8, 4) is 0 Å². The predicted octanol–water partition coefficient (Wildman–Crippen LogP) is 4.35. The van der Waals surface area contributed by atoms with Crippen LogP contribution in [0.2, 0.25) is 0 Å². The fraction of sp³-hybridized carbons (Fsp3) is 0.593. The highest BCUT2D eigenvalue weighted by Crippen LogP contribution is 2.41. The Labute approximate surface area is 191 Å². The summed E-state index contributed by atoms with van der Waals surface area (Å²) in [6.45, 7) is 3.93. The van der Waals surface area contributed by atoms with Gasteiger partial charge in [0.15, 0.2) is 11.9 Å². The smallest absolute Gasteiger partial charge is 0.222 e. The number of rotatable bonds is 7. The fourth-order valence-corrected chi connectivity index (χ4v) is 6.17. The summed E-state index contributed by atoms with van der Waals surface area (Å²) in [6, 6.07) is 11.4. The molecular formula is C27H36N2O3. The fourth-order valence-electron chi connectivity index (χ4n) is 6.17. The third-order valence-electron chi connectivity index (χ3n) is 7.54. The summed E-state index contributed by atoms with van der Waals surface area (Å²) in [5.74, 6) is 2.57. The second-order valence-corrected chi connectivity index (χ2v) is 10.1. The van der Waals surface area contributed by atoms with Crippen molar-refractivity contribution >= 4 is 5.91 Å². The van der Waals surface area contributed by atoms with Crippen molar-refractivity contribution in [1.82, 2.24) is 10.2 Å². The Balaban J connectivity index is 1.24. The van der Waals surface area contributed by atoms with E-state index in [1.807, 2.05) is 13.0 Å². The summed E-state index contributed by atoms with van der Waals surface area (Å²) in [5.41, 5.74) is 1.58. The lowest BCUT2D eigenvalue weighted by atomic mass is 9.79. The van der Waals surface area contributed by atoms with Gasteiger partial charge in [-0.05, 0) is 56.1 Å². The number of piperidine rings is 1. The van der Waals surface area contributed by atoms with Crippen LogP contribution in [0.4, 0.5) is 0 Å². The number of nitrogens with one attached hydrogen (secondary N) is 1. The van der Waals surface area contributed by atoms with E-state index in [4.69, 9.17) is 9.47 Å². The molecule has 4 atom stereocenters. The number of benzene rings is 1. The molecule has 4 aliphatic rings. The molecule has 3 heterocycles. The van der Waals surface area contributed by atoms with Gasteiger partial charge in [0.2, 0.25) is 5.91 Å². The maximum atomic E-state index is 12.9. The molecule has 1 aliphatic carbocycles. The van der Waals surface area contributed by atoms with E-state index in [0.29, 0.717) is 31.5 Å². The number of hydrogen-bond donors (Lipinski definition) is 1. The van der Waals surface area contributed by atoms with Crippen LogP contribution in [-0.2, 0) is 20.7 Å².